The Morgan fingerprint density at radius 2 is 2.35 bits per heavy atom. The second-order valence-electron chi connectivity index (χ2n) is 3.65. The van der Waals surface area contributed by atoms with Crippen LogP contribution >= 0.6 is 11.3 Å². The first-order valence-electron chi connectivity index (χ1n) is 5.44. The summed E-state index contributed by atoms with van der Waals surface area (Å²) >= 11 is 1.08. The predicted molar refractivity (Wildman–Crippen MR) is 69.0 cm³/mol. The Morgan fingerprint density at radius 3 is 3.05 bits per heavy atom. The van der Waals surface area contributed by atoms with Crippen LogP contribution < -0.4 is 5.32 Å². The van der Waals surface area contributed by atoms with Crippen LogP contribution in [0.3, 0.4) is 0 Å². The number of carbonyl (C=O) groups is 1. The van der Waals surface area contributed by atoms with Crippen molar-refractivity contribution in [1.29, 1.82) is 5.26 Å². The van der Waals surface area contributed by atoms with Gasteiger partial charge in [0.25, 0.3) is 5.91 Å². The molecule has 3 rings (SSSR count). The Balaban J connectivity index is 1.76. The van der Waals surface area contributed by atoms with E-state index >= 15 is 0 Å². The zero-order valence-corrected chi connectivity index (χ0v) is 10.7. The van der Waals surface area contributed by atoms with E-state index < -0.39 is 5.91 Å². The smallest absolute Gasteiger partial charge is 0.279 e. The van der Waals surface area contributed by atoms with Crippen LogP contribution in [0.5, 0.6) is 0 Å². The number of rotatable bonds is 3. The van der Waals surface area contributed by atoms with Gasteiger partial charge in [-0.05, 0) is 12.1 Å². The molecule has 0 spiro atoms. The zero-order valence-electron chi connectivity index (χ0n) is 9.86. The fraction of sp³-hybridized carbons (Fsp3) is 0. The van der Waals surface area contributed by atoms with Gasteiger partial charge in [-0.2, -0.15) is 5.26 Å². The van der Waals surface area contributed by atoms with Crippen LogP contribution in [0, 0.1) is 11.3 Å². The summed E-state index contributed by atoms with van der Waals surface area (Å²) in [4.78, 5) is 16.2. The first-order valence-corrected chi connectivity index (χ1v) is 6.26. The highest BCUT2D eigenvalue weighted by Crippen LogP contribution is 2.22. The van der Waals surface area contributed by atoms with Crippen LogP contribution in [0.2, 0.25) is 0 Å². The van der Waals surface area contributed by atoms with E-state index in [1.165, 1.54) is 18.5 Å². The maximum Gasteiger partial charge on any atom is 0.279 e. The molecule has 7 nitrogen and oxygen atoms in total. The number of furan rings is 1. The standard InChI is InChI=1S/C12H6N4O3S/c13-5-7-6-14-12(20-7)15-11(17)8-4-10(19-16-8)9-2-1-3-18-9/h1-4,6H,(H,14,15,17). The number of anilines is 1. The molecule has 0 aliphatic carbocycles. The van der Waals surface area contributed by atoms with Gasteiger partial charge < -0.3 is 8.94 Å². The molecule has 0 radical (unpaired) electrons. The Bertz CT molecular complexity index is 782. The third kappa shape index (κ3) is 2.30. The summed E-state index contributed by atoms with van der Waals surface area (Å²) in [7, 11) is 0. The Hall–Kier alpha value is -2.92. The monoisotopic (exact) mass is 286 g/mol. The minimum Gasteiger partial charge on any atom is -0.461 e. The van der Waals surface area contributed by atoms with Crippen molar-refractivity contribution >= 4 is 22.4 Å². The van der Waals surface area contributed by atoms with Gasteiger partial charge in [0.05, 0.1) is 12.5 Å². The first kappa shape index (κ1) is 12.1. The lowest BCUT2D eigenvalue weighted by Gasteiger charge is -1.95. The van der Waals surface area contributed by atoms with E-state index in [9.17, 15) is 4.79 Å². The highest BCUT2D eigenvalue weighted by atomic mass is 32.1. The maximum absolute atomic E-state index is 11.9. The number of hydrogen-bond donors (Lipinski definition) is 1. The Morgan fingerprint density at radius 1 is 1.45 bits per heavy atom. The minimum absolute atomic E-state index is 0.102. The van der Waals surface area contributed by atoms with Gasteiger partial charge in [-0.25, -0.2) is 4.98 Å². The summed E-state index contributed by atoms with van der Waals surface area (Å²) < 4.78 is 10.2. The fourth-order valence-corrected chi connectivity index (χ4v) is 2.07. The molecule has 1 amide bonds. The lowest BCUT2D eigenvalue weighted by molar-refractivity contribution is 0.101. The van der Waals surface area contributed by atoms with Crippen molar-refractivity contribution in [2.45, 2.75) is 0 Å². The van der Waals surface area contributed by atoms with Crippen molar-refractivity contribution in [3.8, 4) is 17.6 Å². The topological polar surface area (TPSA) is 105 Å². The molecule has 0 fully saturated rings. The predicted octanol–water partition coefficient (Wildman–Crippen LogP) is 2.52. The van der Waals surface area contributed by atoms with Crippen molar-refractivity contribution in [1.82, 2.24) is 10.1 Å². The molecule has 3 aromatic heterocycles. The van der Waals surface area contributed by atoms with Gasteiger partial charge in [0.1, 0.15) is 10.9 Å². The van der Waals surface area contributed by atoms with Crippen LogP contribution in [0.4, 0.5) is 5.13 Å². The number of nitrogens with one attached hydrogen (secondary N) is 1. The Labute approximate surface area is 116 Å². The molecule has 98 valence electrons. The van der Waals surface area contributed by atoms with Crippen LogP contribution in [0.25, 0.3) is 11.5 Å². The van der Waals surface area contributed by atoms with Gasteiger partial charge in [-0.1, -0.05) is 16.5 Å². The van der Waals surface area contributed by atoms with E-state index in [2.05, 4.69) is 15.5 Å². The summed E-state index contributed by atoms with van der Waals surface area (Å²) in [6.45, 7) is 0. The van der Waals surface area contributed by atoms with Crippen LogP contribution in [0.1, 0.15) is 15.4 Å². The van der Waals surface area contributed by atoms with Gasteiger partial charge in [-0.3, -0.25) is 10.1 Å². The third-order valence-electron chi connectivity index (χ3n) is 2.34. The number of hydrogen-bond acceptors (Lipinski definition) is 7. The molecule has 0 bridgehead atoms. The average molecular weight is 286 g/mol. The van der Waals surface area contributed by atoms with Crippen LogP contribution in [-0.2, 0) is 0 Å². The number of aromatic nitrogens is 2. The number of carbonyl (C=O) groups excluding carboxylic acids is 1. The molecule has 0 saturated carbocycles. The number of thiazole rings is 1. The van der Waals surface area contributed by atoms with E-state index in [1.54, 1.807) is 12.1 Å². The molecule has 0 aliphatic heterocycles. The molecule has 3 aromatic rings. The van der Waals surface area contributed by atoms with E-state index in [0.717, 1.165) is 11.3 Å². The molecular formula is C12H6N4O3S. The lowest BCUT2D eigenvalue weighted by Crippen LogP contribution is -2.11. The number of amides is 1. The molecule has 0 aliphatic rings. The molecule has 0 saturated heterocycles. The van der Waals surface area contributed by atoms with Crippen molar-refractivity contribution in [2.24, 2.45) is 0 Å². The van der Waals surface area contributed by atoms with Gasteiger partial charge in [-0.15, -0.1) is 0 Å². The molecule has 20 heavy (non-hydrogen) atoms. The van der Waals surface area contributed by atoms with Crippen molar-refractivity contribution < 1.29 is 13.7 Å². The average Bonchev–Trinajstić information content (AvgIpc) is 3.19. The van der Waals surface area contributed by atoms with Crippen molar-refractivity contribution in [3.05, 3.63) is 41.2 Å². The zero-order chi connectivity index (χ0) is 13.9. The van der Waals surface area contributed by atoms with Gasteiger partial charge in [0.2, 0.25) is 5.76 Å². The van der Waals surface area contributed by atoms with E-state index in [0.29, 0.717) is 21.5 Å². The quantitative estimate of drug-likeness (QED) is 0.793. The van der Waals surface area contributed by atoms with E-state index in [1.807, 2.05) is 6.07 Å². The SMILES string of the molecule is N#Cc1cnc(NC(=O)c2cc(-c3ccco3)on2)s1. The molecule has 3 heterocycles. The van der Waals surface area contributed by atoms with Crippen molar-refractivity contribution in [2.75, 3.05) is 5.32 Å². The van der Waals surface area contributed by atoms with Crippen LogP contribution in [0.15, 0.2) is 39.6 Å². The fourth-order valence-electron chi connectivity index (χ4n) is 1.46. The number of nitrogens with zero attached hydrogens (tertiary/aromatic N) is 3. The molecule has 8 heteroatoms. The van der Waals surface area contributed by atoms with Crippen molar-refractivity contribution in [3.63, 3.8) is 0 Å². The van der Waals surface area contributed by atoms with E-state index in [-0.39, 0.29) is 5.69 Å². The second kappa shape index (κ2) is 4.99. The molecular weight excluding hydrogens is 280 g/mol. The summed E-state index contributed by atoms with van der Waals surface area (Å²) in [5, 5.41) is 15.2. The maximum atomic E-state index is 11.9. The van der Waals surface area contributed by atoms with Gasteiger partial charge in [0, 0.05) is 6.07 Å². The highest BCUT2D eigenvalue weighted by Gasteiger charge is 2.16. The normalized spacial score (nSPS) is 10.2. The summed E-state index contributed by atoms with van der Waals surface area (Å²) in [5.41, 5.74) is 0.102. The van der Waals surface area contributed by atoms with Gasteiger partial charge in [0.15, 0.2) is 16.6 Å². The first-order chi connectivity index (χ1) is 9.76. The lowest BCUT2D eigenvalue weighted by atomic mass is 10.3. The summed E-state index contributed by atoms with van der Waals surface area (Å²) in [5.74, 6) is 0.375. The third-order valence-corrected chi connectivity index (χ3v) is 3.16. The Kier molecular flexibility index (Phi) is 3.02. The van der Waals surface area contributed by atoms with Gasteiger partial charge >= 0.3 is 0 Å². The molecule has 0 unspecified atom stereocenters. The summed E-state index contributed by atoms with van der Waals surface area (Å²) in [6.07, 6.45) is 2.88. The second-order valence-corrected chi connectivity index (χ2v) is 4.68. The van der Waals surface area contributed by atoms with Crippen LogP contribution in [-0.4, -0.2) is 16.0 Å². The molecule has 0 aromatic carbocycles. The molecule has 1 N–H and O–H groups in total. The summed E-state index contributed by atoms with van der Waals surface area (Å²) in [6, 6.07) is 6.81. The largest absolute Gasteiger partial charge is 0.461 e. The highest BCUT2D eigenvalue weighted by molar-refractivity contribution is 7.16. The number of nitriles is 1. The minimum atomic E-state index is -0.467. The molecule has 0 atom stereocenters. The van der Waals surface area contributed by atoms with E-state index in [4.69, 9.17) is 14.2 Å².